The highest BCUT2D eigenvalue weighted by molar-refractivity contribution is 5.96. The number of carbonyl (C=O) groups is 3. The second-order valence-electron chi connectivity index (χ2n) is 5.71. The van der Waals surface area contributed by atoms with Crippen molar-refractivity contribution >= 4 is 23.5 Å². The van der Waals surface area contributed by atoms with Gasteiger partial charge in [0.1, 0.15) is 5.75 Å². The molecule has 0 aliphatic carbocycles. The lowest BCUT2D eigenvalue weighted by molar-refractivity contribution is -0.116. The highest BCUT2D eigenvalue weighted by Gasteiger charge is 2.14. The van der Waals surface area contributed by atoms with Crippen molar-refractivity contribution in [1.82, 2.24) is 5.32 Å². The Morgan fingerprint density at radius 3 is 2.62 bits per heavy atom. The molecule has 0 aliphatic rings. The maximum absolute atomic E-state index is 12.1. The number of furan rings is 1. The zero-order chi connectivity index (χ0) is 19.1. The summed E-state index contributed by atoms with van der Waals surface area (Å²) >= 11 is 0. The highest BCUT2D eigenvalue weighted by atomic mass is 16.5. The predicted molar refractivity (Wildman–Crippen MR) is 93.5 cm³/mol. The Bertz CT molecular complexity index is 783. The number of amides is 2. The summed E-state index contributed by atoms with van der Waals surface area (Å²) < 4.78 is 10.5. The number of benzene rings is 1. The molecule has 2 aromatic rings. The molecular formula is C18H20N2O6. The van der Waals surface area contributed by atoms with E-state index in [0.717, 1.165) is 0 Å². The van der Waals surface area contributed by atoms with Crippen LogP contribution in [0.4, 0.5) is 5.69 Å². The molecule has 0 bridgehead atoms. The first-order valence-electron chi connectivity index (χ1n) is 8.02. The van der Waals surface area contributed by atoms with Gasteiger partial charge in [-0.05, 0) is 44.2 Å². The molecule has 0 saturated heterocycles. The maximum atomic E-state index is 12.1. The van der Waals surface area contributed by atoms with Gasteiger partial charge in [-0.15, -0.1) is 0 Å². The second kappa shape index (κ2) is 8.70. The lowest BCUT2D eigenvalue weighted by Crippen LogP contribution is -2.27. The molecule has 0 spiro atoms. The largest absolute Gasteiger partial charge is 0.489 e. The number of carbonyl (C=O) groups excluding carboxylic acids is 2. The van der Waals surface area contributed by atoms with Gasteiger partial charge in [-0.3, -0.25) is 9.59 Å². The first-order valence-corrected chi connectivity index (χ1v) is 8.02. The SMILES string of the molecule is CC(C)Oc1ccc(C(=O)O)cc1NC(=O)CCNC(=O)c1ccco1. The second-order valence-corrected chi connectivity index (χ2v) is 5.71. The summed E-state index contributed by atoms with van der Waals surface area (Å²) in [7, 11) is 0. The first-order chi connectivity index (χ1) is 12.4. The van der Waals surface area contributed by atoms with Crippen LogP contribution in [0.3, 0.4) is 0 Å². The van der Waals surface area contributed by atoms with E-state index >= 15 is 0 Å². The Kier molecular flexibility index (Phi) is 6.37. The van der Waals surface area contributed by atoms with Gasteiger partial charge in [-0.25, -0.2) is 4.79 Å². The van der Waals surface area contributed by atoms with Crippen LogP contribution in [-0.4, -0.2) is 35.5 Å². The molecule has 0 radical (unpaired) electrons. The van der Waals surface area contributed by atoms with Gasteiger partial charge in [-0.2, -0.15) is 0 Å². The fraction of sp³-hybridized carbons (Fsp3) is 0.278. The minimum absolute atomic E-state index is 0.00483. The van der Waals surface area contributed by atoms with Crippen molar-refractivity contribution in [2.75, 3.05) is 11.9 Å². The van der Waals surface area contributed by atoms with Crippen molar-refractivity contribution in [2.24, 2.45) is 0 Å². The van der Waals surface area contributed by atoms with Gasteiger partial charge in [0, 0.05) is 13.0 Å². The van der Waals surface area contributed by atoms with Crippen molar-refractivity contribution in [3.05, 3.63) is 47.9 Å². The van der Waals surface area contributed by atoms with E-state index in [1.54, 1.807) is 6.07 Å². The number of carboxylic acid groups (broad SMARTS) is 1. The van der Waals surface area contributed by atoms with Crippen molar-refractivity contribution in [2.45, 2.75) is 26.4 Å². The molecule has 1 aromatic carbocycles. The van der Waals surface area contributed by atoms with E-state index in [1.807, 2.05) is 13.8 Å². The van der Waals surface area contributed by atoms with Crippen molar-refractivity contribution < 1.29 is 28.6 Å². The molecule has 0 saturated carbocycles. The van der Waals surface area contributed by atoms with Crippen LogP contribution < -0.4 is 15.4 Å². The molecule has 0 unspecified atom stereocenters. The Balaban J connectivity index is 1.97. The molecule has 8 heteroatoms. The van der Waals surface area contributed by atoms with E-state index in [9.17, 15) is 14.4 Å². The number of ether oxygens (including phenoxy) is 1. The number of anilines is 1. The average molecular weight is 360 g/mol. The monoisotopic (exact) mass is 360 g/mol. The molecule has 8 nitrogen and oxygen atoms in total. The number of nitrogens with one attached hydrogen (secondary N) is 2. The number of hydrogen-bond acceptors (Lipinski definition) is 5. The Hall–Kier alpha value is -3.29. The molecule has 2 amide bonds. The van der Waals surface area contributed by atoms with Crippen LogP contribution in [0.5, 0.6) is 5.75 Å². The van der Waals surface area contributed by atoms with Crippen LogP contribution in [0.15, 0.2) is 41.0 Å². The standard InChI is InChI=1S/C18H20N2O6/c1-11(2)26-14-6-5-12(18(23)24)10-13(14)20-16(21)7-8-19-17(22)15-4-3-9-25-15/h3-6,9-11H,7-8H2,1-2H3,(H,19,22)(H,20,21)(H,23,24). The first kappa shape index (κ1) is 19.0. The number of carboxylic acids is 1. The van der Waals surface area contributed by atoms with E-state index in [1.165, 1.54) is 30.5 Å². The van der Waals surface area contributed by atoms with Gasteiger partial charge >= 0.3 is 5.97 Å². The lowest BCUT2D eigenvalue weighted by Gasteiger charge is -2.15. The molecule has 3 N–H and O–H groups in total. The molecule has 0 atom stereocenters. The van der Waals surface area contributed by atoms with Gasteiger partial charge in [-0.1, -0.05) is 0 Å². The fourth-order valence-corrected chi connectivity index (χ4v) is 2.11. The van der Waals surface area contributed by atoms with Crippen molar-refractivity contribution in [3.63, 3.8) is 0 Å². The van der Waals surface area contributed by atoms with E-state index in [-0.39, 0.29) is 42.0 Å². The van der Waals surface area contributed by atoms with Crippen LogP contribution in [0.25, 0.3) is 0 Å². The third kappa shape index (κ3) is 5.37. The van der Waals surface area contributed by atoms with Crippen LogP contribution in [-0.2, 0) is 4.79 Å². The topological polar surface area (TPSA) is 118 Å². The Morgan fingerprint density at radius 1 is 1.23 bits per heavy atom. The molecule has 138 valence electrons. The normalized spacial score (nSPS) is 10.4. The predicted octanol–water partition coefficient (Wildman–Crippen LogP) is 2.52. The van der Waals surface area contributed by atoms with Crippen molar-refractivity contribution in [3.8, 4) is 5.75 Å². The zero-order valence-corrected chi connectivity index (χ0v) is 14.4. The van der Waals surface area contributed by atoms with Gasteiger partial charge < -0.3 is 24.9 Å². The van der Waals surface area contributed by atoms with Gasteiger partial charge in [0.2, 0.25) is 5.91 Å². The minimum Gasteiger partial charge on any atom is -0.489 e. The van der Waals surface area contributed by atoms with Crippen LogP contribution in [0, 0.1) is 0 Å². The van der Waals surface area contributed by atoms with E-state index in [4.69, 9.17) is 14.3 Å². The summed E-state index contributed by atoms with van der Waals surface area (Å²) in [5.41, 5.74) is 0.295. The molecular weight excluding hydrogens is 340 g/mol. The van der Waals surface area contributed by atoms with Crippen LogP contribution in [0.1, 0.15) is 41.2 Å². The Labute approximate surface area is 150 Å². The fourth-order valence-electron chi connectivity index (χ4n) is 2.11. The molecule has 26 heavy (non-hydrogen) atoms. The molecule has 1 heterocycles. The smallest absolute Gasteiger partial charge is 0.335 e. The summed E-state index contributed by atoms with van der Waals surface area (Å²) in [4.78, 5) is 35.0. The van der Waals surface area contributed by atoms with Crippen molar-refractivity contribution in [1.29, 1.82) is 0 Å². The summed E-state index contributed by atoms with van der Waals surface area (Å²) in [6.07, 6.45) is 1.24. The van der Waals surface area contributed by atoms with Gasteiger partial charge in [0.05, 0.1) is 23.6 Å². The van der Waals surface area contributed by atoms with Gasteiger partial charge in [0.25, 0.3) is 5.91 Å². The Morgan fingerprint density at radius 2 is 2.00 bits per heavy atom. The number of rotatable bonds is 8. The van der Waals surface area contributed by atoms with E-state index in [0.29, 0.717) is 5.75 Å². The summed E-state index contributed by atoms with van der Waals surface area (Å²) in [6, 6.07) is 7.34. The zero-order valence-electron chi connectivity index (χ0n) is 14.4. The lowest BCUT2D eigenvalue weighted by atomic mass is 10.2. The highest BCUT2D eigenvalue weighted by Crippen LogP contribution is 2.27. The van der Waals surface area contributed by atoms with Crippen LogP contribution >= 0.6 is 0 Å². The summed E-state index contributed by atoms with van der Waals surface area (Å²) in [5.74, 6) is -1.38. The van der Waals surface area contributed by atoms with E-state index < -0.39 is 11.9 Å². The summed E-state index contributed by atoms with van der Waals surface area (Å²) in [6.45, 7) is 3.74. The van der Waals surface area contributed by atoms with Crippen LogP contribution in [0.2, 0.25) is 0 Å². The quantitative estimate of drug-likeness (QED) is 0.666. The number of aromatic carboxylic acids is 1. The number of hydrogen-bond donors (Lipinski definition) is 3. The molecule has 0 fully saturated rings. The molecule has 0 aliphatic heterocycles. The molecule has 1 aromatic heterocycles. The summed E-state index contributed by atoms with van der Waals surface area (Å²) in [5, 5.41) is 14.3. The third-order valence-electron chi connectivity index (χ3n) is 3.25. The molecule has 2 rings (SSSR count). The van der Waals surface area contributed by atoms with E-state index in [2.05, 4.69) is 10.6 Å². The maximum Gasteiger partial charge on any atom is 0.335 e. The minimum atomic E-state index is -1.11. The average Bonchev–Trinajstić information content (AvgIpc) is 3.10. The van der Waals surface area contributed by atoms with Gasteiger partial charge in [0.15, 0.2) is 5.76 Å². The third-order valence-corrected chi connectivity index (χ3v) is 3.25.